The predicted octanol–water partition coefficient (Wildman–Crippen LogP) is 0.0987. The van der Waals surface area contributed by atoms with Gasteiger partial charge in [-0.05, 0) is 18.9 Å². The molecular formula is C11H14N2O6S2. The van der Waals surface area contributed by atoms with Crippen molar-refractivity contribution in [3.05, 3.63) is 24.0 Å². The quantitative estimate of drug-likeness (QED) is 0.798. The SMILES string of the molecule is O=C(O)c1ccncc1NS(=O)(=O)C1CCS(=O)(=O)CC1. The molecule has 116 valence electrons. The number of sulfonamides is 1. The molecule has 2 rings (SSSR count). The summed E-state index contributed by atoms with van der Waals surface area (Å²) in [5, 5.41) is 8.14. The zero-order chi connectivity index (χ0) is 15.7. The van der Waals surface area contributed by atoms with E-state index in [9.17, 15) is 21.6 Å². The van der Waals surface area contributed by atoms with E-state index in [1.807, 2.05) is 0 Å². The van der Waals surface area contributed by atoms with Crippen LogP contribution in [0.15, 0.2) is 18.5 Å². The highest BCUT2D eigenvalue weighted by atomic mass is 32.2. The number of anilines is 1. The van der Waals surface area contributed by atoms with Crippen LogP contribution in [0.3, 0.4) is 0 Å². The molecule has 0 atom stereocenters. The van der Waals surface area contributed by atoms with Crippen LogP contribution in [0.1, 0.15) is 23.2 Å². The number of aromatic carboxylic acids is 1. The molecular weight excluding hydrogens is 320 g/mol. The lowest BCUT2D eigenvalue weighted by Crippen LogP contribution is -2.36. The van der Waals surface area contributed by atoms with Crippen LogP contribution in [0.4, 0.5) is 5.69 Å². The van der Waals surface area contributed by atoms with Gasteiger partial charge in [0.25, 0.3) is 0 Å². The highest BCUT2D eigenvalue weighted by Gasteiger charge is 2.33. The van der Waals surface area contributed by atoms with E-state index in [0.717, 1.165) is 6.20 Å². The third-order valence-corrected chi connectivity index (χ3v) is 6.81. The maximum Gasteiger partial charge on any atom is 0.337 e. The van der Waals surface area contributed by atoms with Crippen LogP contribution in [0.2, 0.25) is 0 Å². The van der Waals surface area contributed by atoms with Crippen molar-refractivity contribution in [1.82, 2.24) is 4.98 Å². The number of pyridine rings is 1. The van der Waals surface area contributed by atoms with Gasteiger partial charge in [0.2, 0.25) is 10.0 Å². The maximum atomic E-state index is 12.2. The van der Waals surface area contributed by atoms with Crippen molar-refractivity contribution >= 4 is 31.5 Å². The van der Waals surface area contributed by atoms with Gasteiger partial charge in [-0.25, -0.2) is 21.6 Å². The minimum absolute atomic E-state index is 0.000331. The van der Waals surface area contributed by atoms with E-state index >= 15 is 0 Å². The van der Waals surface area contributed by atoms with Crippen LogP contribution < -0.4 is 4.72 Å². The third kappa shape index (κ3) is 3.70. The molecule has 1 aromatic rings. The fourth-order valence-electron chi connectivity index (χ4n) is 2.08. The molecule has 0 aromatic carbocycles. The minimum Gasteiger partial charge on any atom is -0.478 e. The lowest BCUT2D eigenvalue weighted by molar-refractivity contribution is 0.0698. The van der Waals surface area contributed by atoms with Crippen molar-refractivity contribution < 1.29 is 26.7 Å². The number of nitrogens with zero attached hydrogens (tertiary/aromatic N) is 1. The van der Waals surface area contributed by atoms with E-state index in [0.29, 0.717) is 0 Å². The molecule has 0 radical (unpaired) electrons. The fraction of sp³-hybridized carbons (Fsp3) is 0.455. The molecule has 0 saturated carbocycles. The Morgan fingerprint density at radius 3 is 2.52 bits per heavy atom. The summed E-state index contributed by atoms with van der Waals surface area (Å²) < 4.78 is 49.3. The van der Waals surface area contributed by atoms with Crippen molar-refractivity contribution in [2.24, 2.45) is 0 Å². The molecule has 0 spiro atoms. The highest BCUT2D eigenvalue weighted by Crippen LogP contribution is 2.23. The zero-order valence-corrected chi connectivity index (χ0v) is 12.5. The van der Waals surface area contributed by atoms with Crippen molar-refractivity contribution in [3.8, 4) is 0 Å². The number of carboxylic acids is 1. The van der Waals surface area contributed by atoms with Crippen LogP contribution in [0.25, 0.3) is 0 Å². The summed E-state index contributed by atoms with van der Waals surface area (Å²) in [5.74, 6) is -1.64. The number of carboxylic acid groups (broad SMARTS) is 1. The van der Waals surface area contributed by atoms with E-state index in [2.05, 4.69) is 9.71 Å². The predicted molar refractivity (Wildman–Crippen MR) is 75.4 cm³/mol. The van der Waals surface area contributed by atoms with Crippen molar-refractivity contribution in [3.63, 3.8) is 0 Å². The molecule has 10 heteroatoms. The Morgan fingerprint density at radius 2 is 1.95 bits per heavy atom. The Balaban J connectivity index is 2.21. The first-order chi connectivity index (χ1) is 9.71. The number of carbonyl (C=O) groups is 1. The molecule has 1 saturated heterocycles. The fourth-order valence-corrected chi connectivity index (χ4v) is 5.36. The molecule has 1 aliphatic heterocycles. The largest absolute Gasteiger partial charge is 0.478 e. The Morgan fingerprint density at radius 1 is 1.33 bits per heavy atom. The van der Waals surface area contributed by atoms with Gasteiger partial charge in [0.1, 0.15) is 9.84 Å². The van der Waals surface area contributed by atoms with Gasteiger partial charge in [0, 0.05) is 6.20 Å². The van der Waals surface area contributed by atoms with Gasteiger partial charge in [-0.15, -0.1) is 0 Å². The second kappa shape index (κ2) is 5.60. The maximum absolute atomic E-state index is 12.2. The Bertz CT molecular complexity index is 743. The monoisotopic (exact) mass is 334 g/mol. The number of aromatic nitrogens is 1. The van der Waals surface area contributed by atoms with Gasteiger partial charge >= 0.3 is 5.97 Å². The van der Waals surface area contributed by atoms with Gasteiger partial charge in [-0.3, -0.25) is 9.71 Å². The average Bonchev–Trinajstić information content (AvgIpc) is 2.38. The summed E-state index contributed by atoms with van der Waals surface area (Å²) >= 11 is 0. The topological polar surface area (TPSA) is 130 Å². The number of nitrogens with one attached hydrogen (secondary N) is 1. The normalized spacial score (nSPS) is 19.0. The van der Waals surface area contributed by atoms with E-state index in [1.54, 1.807) is 0 Å². The smallest absolute Gasteiger partial charge is 0.337 e. The summed E-state index contributed by atoms with van der Waals surface area (Å²) in [6.45, 7) is 0. The second-order valence-electron chi connectivity index (χ2n) is 4.72. The summed E-state index contributed by atoms with van der Waals surface area (Å²) in [6.07, 6.45) is 2.36. The third-order valence-electron chi connectivity index (χ3n) is 3.24. The van der Waals surface area contributed by atoms with E-state index in [4.69, 9.17) is 5.11 Å². The van der Waals surface area contributed by atoms with Gasteiger partial charge in [-0.1, -0.05) is 0 Å². The molecule has 21 heavy (non-hydrogen) atoms. The van der Waals surface area contributed by atoms with Gasteiger partial charge in [0.15, 0.2) is 0 Å². The molecule has 2 heterocycles. The van der Waals surface area contributed by atoms with Crippen molar-refractivity contribution in [2.45, 2.75) is 18.1 Å². The summed E-state index contributed by atoms with van der Waals surface area (Å²) in [5.41, 5.74) is -0.338. The number of hydrogen-bond acceptors (Lipinski definition) is 6. The lowest BCUT2D eigenvalue weighted by Gasteiger charge is -2.22. The second-order valence-corrected chi connectivity index (χ2v) is 8.99. The molecule has 0 aliphatic carbocycles. The lowest BCUT2D eigenvalue weighted by atomic mass is 10.2. The summed E-state index contributed by atoms with van der Waals surface area (Å²) in [4.78, 5) is 14.7. The number of rotatable bonds is 4. The average molecular weight is 334 g/mol. The standard InChI is InChI=1S/C11H14N2O6S2/c14-11(15)9-1-4-12-7-10(9)13-21(18,19)8-2-5-20(16,17)6-3-8/h1,4,7-8,13H,2-3,5-6H2,(H,14,15). The van der Waals surface area contributed by atoms with Crippen molar-refractivity contribution in [2.75, 3.05) is 16.2 Å². The molecule has 1 aromatic heterocycles. The van der Waals surface area contributed by atoms with E-state index < -0.39 is 31.1 Å². The Kier molecular flexibility index (Phi) is 4.19. The van der Waals surface area contributed by atoms with Crippen LogP contribution in [-0.2, 0) is 19.9 Å². The number of sulfone groups is 1. The molecule has 0 bridgehead atoms. The van der Waals surface area contributed by atoms with Gasteiger partial charge < -0.3 is 5.11 Å². The zero-order valence-electron chi connectivity index (χ0n) is 10.9. The summed E-state index contributed by atoms with van der Waals surface area (Å²) in [7, 11) is -7.03. The van der Waals surface area contributed by atoms with E-state index in [-0.39, 0.29) is 35.6 Å². The molecule has 0 unspecified atom stereocenters. The Labute approximate surface area is 122 Å². The van der Waals surface area contributed by atoms with Crippen LogP contribution in [0, 0.1) is 0 Å². The first-order valence-electron chi connectivity index (χ1n) is 6.11. The molecule has 8 nitrogen and oxygen atoms in total. The van der Waals surface area contributed by atoms with E-state index in [1.165, 1.54) is 12.3 Å². The van der Waals surface area contributed by atoms with Crippen molar-refractivity contribution in [1.29, 1.82) is 0 Å². The highest BCUT2D eigenvalue weighted by molar-refractivity contribution is 7.94. The van der Waals surface area contributed by atoms with Crippen LogP contribution in [0.5, 0.6) is 0 Å². The van der Waals surface area contributed by atoms with Crippen LogP contribution >= 0.6 is 0 Å². The minimum atomic E-state index is -3.86. The Hall–Kier alpha value is -1.68. The first kappa shape index (κ1) is 15.7. The molecule has 1 fully saturated rings. The molecule has 1 aliphatic rings. The molecule has 2 N–H and O–H groups in total. The summed E-state index contributed by atoms with van der Waals surface area (Å²) in [6, 6.07) is 1.19. The first-order valence-corrected chi connectivity index (χ1v) is 9.47. The van der Waals surface area contributed by atoms with Crippen LogP contribution in [-0.4, -0.2) is 49.7 Å². The number of hydrogen-bond donors (Lipinski definition) is 2. The molecule has 0 amide bonds. The van der Waals surface area contributed by atoms with Gasteiger partial charge in [0.05, 0.1) is 34.2 Å². The van der Waals surface area contributed by atoms with Gasteiger partial charge in [-0.2, -0.15) is 0 Å².